The van der Waals surface area contributed by atoms with E-state index in [1.54, 1.807) is 0 Å². The van der Waals surface area contributed by atoms with Crippen LogP contribution < -0.4 is 10.1 Å². The average Bonchev–Trinajstić information content (AvgIpc) is 2.83. The van der Waals surface area contributed by atoms with Crippen LogP contribution in [0.5, 0.6) is 5.75 Å². The third-order valence-electron chi connectivity index (χ3n) is 3.31. The van der Waals surface area contributed by atoms with Crippen molar-refractivity contribution >= 4 is 33.3 Å². The van der Waals surface area contributed by atoms with E-state index in [2.05, 4.69) is 10.1 Å². The van der Waals surface area contributed by atoms with E-state index in [1.807, 2.05) is 0 Å². The van der Waals surface area contributed by atoms with E-state index in [-0.39, 0.29) is 29.4 Å². The van der Waals surface area contributed by atoms with Gasteiger partial charge in [-0.2, -0.15) is 0 Å². The number of halogens is 1. The Balaban J connectivity index is 1.96. The van der Waals surface area contributed by atoms with Crippen LogP contribution in [0.15, 0.2) is 18.2 Å². The first-order valence-electron chi connectivity index (χ1n) is 6.81. The average molecular weight is 362 g/mol. The van der Waals surface area contributed by atoms with Gasteiger partial charge in [0.25, 0.3) is 5.91 Å². The van der Waals surface area contributed by atoms with E-state index >= 15 is 0 Å². The first kappa shape index (κ1) is 17.6. The number of carbonyl (C=O) groups excluding carboxylic acids is 2. The van der Waals surface area contributed by atoms with Crippen LogP contribution in [-0.4, -0.2) is 51.6 Å². The second-order valence-corrected chi connectivity index (χ2v) is 7.75. The maximum absolute atomic E-state index is 11.8. The number of nitrogens with one attached hydrogen (secondary N) is 1. The highest BCUT2D eigenvalue weighted by atomic mass is 35.5. The van der Waals surface area contributed by atoms with E-state index in [0.717, 1.165) is 0 Å². The monoisotopic (exact) mass is 361 g/mol. The van der Waals surface area contributed by atoms with Crippen molar-refractivity contribution in [3.05, 3.63) is 28.8 Å². The molecule has 1 unspecified atom stereocenters. The molecule has 0 aromatic heterocycles. The molecule has 1 N–H and O–H groups in total. The molecule has 1 aromatic rings. The third-order valence-corrected chi connectivity index (χ3v) is 5.31. The Bertz CT molecular complexity index is 718. The van der Waals surface area contributed by atoms with Crippen molar-refractivity contribution in [2.45, 2.75) is 12.5 Å². The predicted molar refractivity (Wildman–Crippen MR) is 83.5 cm³/mol. The number of esters is 1. The number of hydrogen-bond acceptors (Lipinski definition) is 6. The largest absolute Gasteiger partial charge is 0.483 e. The summed E-state index contributed by atoms with van der Waals surface area (Å²) in [6, 6.07) is 3.94. The molecule has 0 saturated carbocycles. The van der Waals surface area contributed by atoms with Crippen molar-refractivity contribution in [2.75, 3.05) is 25.2 Å². The summed E-state index contributed by atoms with van der Waals surface area (Å²) in [5.41, 5.74) is 0.146. The number of hydrogen-bond donors (Lipinski definition) is 1. The molecule has 0 aliphatic carbocycles. The summed E-state index contributed by atoms with van der Waals surface area (Å²) < 4.78 is 32.6. The molecule has 0 spiro atoms. The van der Waals surface area contributed by atoms with Gasteiger partial charge in [-0.1, -0.05) is 11.6 Å². The van der Waals surface area contributed by atoms with Gasteiger partial charge in [0.05, 0.1) is 18.6 Å². The van der Waals surface area contributed by atoms with Crippen LogP contribution in [0, 0.1) is 0 Å². The molecule has 0 bridgehead atoms. The highest BCUT2D eigenvalue weighted by Gasteiger charge is 2.29. The van der Waals surface area contributed by atoms with E-state index in [4.69, 9.17) is 16.3 Å². The number of benzene rings is 1. The Morgan fingerprint density at radius 3 is 2.74 bits per heavy atom. The van der Waals surface area contributed by atoms with Crippen molar-refractivity contribution in [2.24, 2.45) is 0 Å². The zero-order valence-electron chi connectivity index (χ0n) is 12.4. The lowest BCUT2D eigenvalue weighted by Gasteiger charge is -2.13. The molecule has 126 valence electrons. The van der Waals surface area contributed by atoms with Crippen LogP contribution >= 0.6 is 11.6 Å². The highest BCUT2D eigenvalue weighted by Crippen LogP contribution is 2.24. The Kier molecular flexibility index (Phi) is 5.48. The lowest BCUT2D eigenvalue weighted by molar-refractivity contribution is -0.123. The Morgan fingerprint density at radius 2 is 2.13 bits per heavy atom. The zero-order valence-corrected chi connectivity index (χ0v) is 13.9. The van der Waals surface area contributed by atoms with Gasteiger partial charge in [0, 0.05) is 11.1 Å². The summed E-state index contributed by atoms with van der Waals surface area (Å²) >= 11 is 5.85. The van der Waals surface area contributed by atoms with Crippen molar-refractivity contribution < 1.29 is 27.5 Å². The van der Waals surface area contributed by atoms with Gasteiger partial charge in [-0.3, -0.25) is 4.79 Å². The molecule has 7 nitrogen and oxygen atoms in total. The topological polar surface area (TPSA) is 98.8 Å². The van der Waals surface area contributed by atoms with Gasteiger partial charge in [0.15, 0.2) is 16.4 Å². The summed E-state index contributed by atoms with van der Waals surface area (Å²) in [5, 5.41) is 2.93. The maximum Gasteiger partial charge on any atom is 0.341 e. The van der Waals surface area contributed by atoms with Crippen LogP contribution in [0.1, 0.15) is 16.8 Å². The molecular formula is C14H16ClNO6S. The minimum atomic E-state index is -3.07. The number of ether oxygens (including phenoxy) is 2. The molecule has 1 amide bonds. The molecule has 1 heterocycles. The van der Waals surface area contributed by atoms with Gasteiger partial charge in [-0.15, -0.1) is 0 Å². The molecule has 1 fully saturated rings. The molecular weight excluding hydrogens is 346 g/mol. The van der Waals surface area contributed by atoms with Crippen LogP contribution in [0.4, 0.5) is 0 Å². The van der Waals surface area contributed by atoms with Crippen molar-refractivity contribution in [1.82, 2.24) is 5.32 Å². The smallest absolute Gasteiger partial charge is 0.341 e. The second-order valence-electron chi connectivity index (χ2n) is 5.09. The molecule has 1 atom stereocenters. The lowest BCUT2D eigenvalue weighted by atomic mass is 10.2. The summed E-state index contributed by atoms with van der Waals surface area (Å²) in [4.78, 5) is 23.5. The minimum Gasteiger partial charge on any atom is -0.483 e. The summed E-state index contributed by atoms with van der Waals surface area (Å²) in [5.74, 6) is -0.955. The van der Waals surface area contributed by atoms with Gasteiger partial charge in [0.1, 0.15) is 11.3 Å². The van der Waals surface area contributed by atoms with Crippen LogP contribution in [0.3, 0.4) is 0 Å². The molecule has 23 heavy (non-hydrogen) atoms. The fourth-order valence-electron chi connectivity index (χ4n) is 2.22. The second kappa shape index (κ2) is 7.18. The fraction of sp³-hybridized carbons (Fsp3) is 0.429. The predicted octanol–water partition coefficient (Wildman–Crippen LogP) is 0.809. The highest BCUT2D eigenvalue weighted by molar-refractivity contribution is 7.91. The molecule has 0 radical (unpaired) electrons. The van der Waals surface area contributed by atoms with E-state index in [1.165, 1.54) is 25.3 Å². The lowest BCUT2D eigenvalue weighted by Crippen LogP contribution is -2.38. The quantitative estimate of drug-likeness (QED) is 0.779. The molecule has 2 rings (SSSR count). The maximum atomic E-state index is 11.8. The zero-order chi connectivity index (χ0) is 17.0. The van der Waals surface area contributed by atoms with Crippen LogP contribution in [0.25, 0.3) is 0 Å². The van der Waals surface area contributed by atoms with Crippen molar-refractivity contribution in [3.63, 3.8) is 0 Å². The van der Waals surface area contributed by atoms with Gasteiger partial charge < -0.3 is 14.8 Å². The number of carbonyl (C=O) groups is 2. The van der Waals surface area contributed by atoms with Gasteiger partial charge in [-0.25, -0.2) is 13.2 Å². The summed E-state index contributed by atoms with van der Waals surface area (Å²) in [6.07, 6.45) is 0.388. The van der Waals surface area contributed by atoms with Crippen molar-refractivity contribution in [1.29, 1.82) is 0 Å². The molecule has 1 aliphatic heterocycles. The van der Waals surface area contributed by atoms with Crippen molar-refractivity contribution in [3.8, 4) is 5.75 Å². The van der Waals surface area contributed by atoms with E-state index in [9.17, 15) is 18.0 Å². The SMILES string of the molecule is COC(=O)c1ccc(Cl)cc1OCC(=O)NC1CCS(=O)(=O)C1. The number of methoxy groups -OCH3 is 1. The standard InChI is InChI=1S/C14H16ClNO6S/c1-21-14(18)11-3-2-9(15)6-12(11)22-7-13(17)16-10-4-5-23(19,20)8-10/h2-3,6,10H,4-5,7-8H2,1H3,(H,16,17). The Morgan fingerprint density at radius 1 is 1.39 bits per heavy atom. The molecule has 1 aromatic carbocycles. The van der Waals surface area contributed by atoms with Crippen LogP contribution in [0.2, 0.25) is 5.02 Å². The first-order valence-corrected chi connectivity index (χ1v) is 9.01. The normalized spacial score (nSPS) is 19.1. The Labute approximate surface area is 138 Å². The van der Waals surface area contributed by atoms with E-state index < -0.39 is 27.8 Å². The molecule has 1 saturated heterocycles. The Hall–Kier alpha value is -1.80. The third kappa shape index (κ3) is 4.84. The van der Waals surface area contributed by atoms with Gasteiger partial charge in [-0.05, 0) is 24.6 Å². The molecule has 9 heteroatoms. The first-order chi connectivity index (χ1) is 10.8. The summed E-state index contributed by atoms with van der Waals surface area (Å²) in [7, 11) is -1.84. The molecule has 1 aliphatic rings. The fourth-order valence-corrected chi connectivity index (χ4v) is 4.05. The van der Waals surface area contributed by atoms with Gasteiger partial charge in [0.2, 0.25) is 0 Å². The number of sulfone groups is 1. The minimum absolute atomic E-state index is 0.0662. The van der Waals surface area contributed by atoms with Crippen LogP contribution in [-0.2, 0) is 19.4 Å². The van der Waals surface area contributed by atoms with E-state index in [0.29, 0.717) is 11.4 Å². The number of amides is 1. The van der Waals surface area contributed by atoms with Gasteiger partial charge >= 0.3 is 5.97 Å². The summed E-state index contributed by atoms with van der Waals surface area (Å²) in [6.45, 7) is -0.360. The number of rotatable bonds is 5.